The van der Waals surface area contributed by atoms with Crippen molar-refractivity contribution in [2.45, 2.75) is 6.92 Å². The molecule has 74 valence electrons. The second-order valence-electron chi connectivity index (χ2n) is 2.89. The molecule has 0 bridgehead atoms. The van der Waals surface area contributed by atoms with E-state index in [-0.39, 0.29) is 0 Å². The van der Waals surface area contributed by atoms with Crippen molar-refractivity contribution in [2.24, 2.45) is 0 Å². The van der Waals surface area contributed by atoms with Crippen molar-refractivity contribution in [3.05, 3.63) is 18.1 Å². The fraction of sp³-hybridized carbons (Fsp3) is 0.333. The van der Waals surface area contributed by atoms with Crippen LogP contribution in [0, 0.1) is 6.92 Å². The molecule has 0 N–H and O–H groups in total. The quantitative estimate of drug-likeness (QED) is 0.715. The van der Waals surface area contributed by atoms with Gasteiger partial charge in [-0.3, -0.25) is 4.40 Å². The number of methoxy groups -OCH3 is 2. The third-order valence-corrected chi connectivity index (χ3v) is 2.07. The maximum atomic E-state index is 5.18. The van der Waals surface area contributed by atoms with Crippen molar-refractivity contribution >= 4 is 5.65 Å². The van der Waals surface area contributed by atoms with Crippen molar-refractivity contribution < 1.29 is 9.47 Å². The molecule has 0 aliphatic carbocycles. The summed E-state index contributed by atoms with van der Waals surface area (Å²) in [5, 5.41) is 7.95. The Bertz CT molecular complexity index is 464. The van der Waals surface area contributed by atoms with Crippen molar-refractivity contribution in [1.29, 1.82) is 0 Å². The Morgan fingerprint density at radius 2 is 2.00 bits per heavy atom. The second kappa shape index (κ2) is 3.17. The predicted molar refractivity (Wildman–Crippen MR) is 50.8 cm³/mol. The average Bonchev–Trinajstić information content (AvgIpc) is 2.59. The number of aryl methyl sites for hydroxylation is 1. The molecule has 0 saturated heterocycles. The molecule has 0 saturated carbocycles. The fourth-order valence-electron chi connectivity index (χ4n) is 1.31. The minimum absolute atomic E-state index is 0.657. The van der Waals surface area contributed by atoms with Crippen LogP contribution in [0.5, 0.6) is 11.5 Å². The first-order valence-electron chi connectivity index (χ1n) is 4.19. The molecule has 2 rings (SSSR count). The van der Waals surface area contributed by atoms with Gasteiger partial charge in [0.05, 0.1) is 20.4 Å². The Hall–Kier alpha value is -1.78. The SMILES string of the molecule is COc1cc(OC)c2nnc(C)n2c1. The van der Waals surface area contributed by atoms with Crippen LogP contribution < -0.4 is 9.47 Å². The van der Waals surface area contributed by atoms with Gasteiger partial charge >= 0.3 is 0 Å². The Kier molecular flexibility index (Phi) is 1.99. The monoisotopic (exact) mass is 193 g/mol. The zero-order valence-corrected chi connectivity index (χ0v) is 8.31. The lowest BCUT2D eigenvalue weighted by atomic mass is 10.4. The number of aromatic nitrogens is 3. The summed E-state index contributed by atoms with van der Waals surface area (Å²) in [5.74, 6) is 2.18. The molecule has 5 nitrogen and oxygen atoms in total. The van der Waals surface area contributed by atoms with E-state index in [1.165, 1.54) is 0 Å². The van der Waals surface area contributed by atoms with Crippen LogP contribution in [0.15, 0.2) is 12.3 Å². The van der Waals surface area contributed by atoms with Crippen molar-refractivity contribution in [3.8, 4) is 11.5 Å². The van der Waals surface area contributed by atoms with Crippen molar-refractivity contribution in [2.75, 3.05) is 14.2 Å². The normalized spacial score (nSPS) is 10.5. The molecule has 0 spiro atoms. The highest BCUT2D eigenvalue weighted by molar-refractivity contribution is 5.56. The van der Waals surface area contributed by atoms with E-state index in [0.717, 1.165) is 11.6 Å². The molecule has 2 aromatic heterocycles. The maximum Gasteiger partial charge on any atom is 0.203 e. The van der Waals surface area contributed by atoms with E-state index in [1.54, 1.807) is 20.3 Å². The number of rotatable bonds is 2. The summed E-state index contributed by atoms with van der Waals surface area (Å²) in [7, 11) is 3.21. The van der Waals surface area contributed by atoms with Crippen LogP contribution in [0.2, 0.25) is 0 Å². The first-order valence-corrected chi connectivity index (χ1v) is 4.19. The zero-order valence-electron chi connectivity index (χ0n) is 8.31. The third kappa shape index (κ3) is 1.17. The maximum absolute atomic E-state index is 5.18. The van der Waals surface area contributed by atoms with Gasteiger partial charge in [-0.2, -0.15) is 0 Å². The lowest BCUT2D eigenvalue weighted by Gasteiger charge is -2.05. The number of fused-ring (bicyclic) bond motifs is 1. The smallest absolute Gasteiger partial charge is 0.203 e. The number of hydrogen-bond acceptors (Lipinski definition) is 4. The molecule has 2 heterocycles. The van der Waals surface area contributed by atoms with Gasteiger partial charge < -0.3 is 9.47 Å². The summed E-state index contributed by atoms with van der Waals surface area (Å²) in [6, 6.07) is 1.78. The molecule has 2 aromatic rings. The van der Waals surface area contributed by atoms with Crippen LogP contribution in [0.25, 0.3) is 5.65 Å². The van der Waals surface area contributed by atoms with Crippen LogP contribution >= 0.6 is 0 Å². The highest BCUT2D eigenvalue weighted by Gasteiger charge is 2.09. The van der Waals surface area contributed by atoms with Crippen molar-refractivity contribution in [3.63, 3.8) is 0 Å². The van der Waals surface area contributed by atoms with Gasteiger partial charge in [0.2, 0.25) is 5.65 Å². The van der Waals surface area contributed by atoms with Gasteiger partial charge in [0.15, 0.2) is 5.75 Å². The third-order valence-electron chi connectivity index (χ3n) is 2.07. The molecule has 0 aliphatic heterocycles. The molecule has 0 aromatic carbocycles. The summed E-state index contributed by atoms with van der Waals surface area (Å²) < 4.78 is 12.1. The van der Waals surface area contributed by atoms with Gasteiger partial charge in [-0.15, -0.1) is 10.2 Å². The number of nitrogens with zero attached hydrogens (tertiary/aromatic N) is 3. The summed E-state index contributed by atoms with van der Waals surface area (Å²) in [5.41, 5.74) is 0.700. The van der Waals surface area contributed by atoms with E-state index < -0.39 is 0 Å². The first-order chi connectivity index (χ1) is 6.76. The van der Waals surface area contributed by atoms with Gasteiger partial charge in [0.25, 0.3) is 0 Å². The Morgan fingerprint density at radius 1 is 1.21 bits per heavy atom. The number of hydrogen-bond donors (Lipinski definition) is 0. The van der Waals surface area contributed by atoms with Crippen LogP contribution in [0.1, 0.15) is 5.82 Å². The average molecular weight is 193 g/mol. The Morgan fingerprint density at radius 3 is 2.64 bits per heavy atom. The first kappa shape index (κ1) is 8.80. The van der Waals surface area contributed by atoms with E-state index in [1.807, 2.05) is 17.5 Å². The molecule has 0 radical (unpaired) electrons. The highest BCUT2D eigenvalue weighted by Crippen LogP contribution is 2.24. The molecule has 0 aliphatic rings. The minimum atomic E-state index is 0.657. The topological polar surface area (TPSA) is 48.7 Å². The van der Waals surface area contributed by atoms with E-state index >= 15 is 0 Å². The second-order valence-corrected chi connectivity index (χ2v) is 2.89. The van der Waals surface area contributed by atoms with Crippen LogP contribution in [-0.4, -0.2) is 28.8 Å². The van der Waals surface area contributed by atoms with Crippen LogP contribution in [0.3, 0.4) is 0 Å². The largest absolute Gasteiger partial charge is 0.495 e. The van der Waals surface area contributed by atoms with Crippen LogP contribution in [0.4, 0.5) is 0 Å². The Labute approximate surface area is 81.3 Å². The van der Waals surface area contributed by atoms with Gasteiger partial charge in [-0.1, -0.05) is 0 Å². The summed E-state index contributed by atoms with van der Waals surface area (Å²) >= 11 is 0. The lowest BCUT2D eigenvalue weighted by molar-refractivity contribution is 0.393. The Balaban J connectivity index is 2.76. The molecular formula is C9H11N3O2. The highest BCUT2D eigenvalue weighted by atomic mass is 16.5. The molecule has 0 unspecified atom stereocenters. The molecule has 0 atom stereocenters. The number of pyridine rings is 1. The summed E-state index contributed by atoms with van der Waals surface area (Å²) in [6.45, 7) is 1.87. The van der Waals surface area contributed by atoms with Crippen molar-refractivity contribution in [1.82, 2.24) is 14.6 Å². The molecule has 5 heteroatoms. The molecule has 0 fully saturated rings. The van der Waals surface area contributed by atoms with Gasteiger partial charge in [0.1, 0.15) is 11.6 Å². The summed E-state index contributed by atoms with van der Waals surface area (Å²) in [4.78, 5) is 0. The number of ether oxygens (including phenoxy) is 2. The standard InChI is InChI=1S/C9H11N3O2/c1-6-10-11-9-8(14-3)4-7(13-2)5-12(6)9/h4-5H,1-3H3. The van der Waals surface area contributed by atoms with Gasteiger partial charge in [-0.25, -0.2) is 0 Å². The molecule has 0 amide bonds. The summed E-state index contributed by atoms with van der Waals surface area (Å²) in [6.07, 6.45) is 1.83. The van der Waals surface area contributed by atoms with Gasteiger partial charge in [-0.05, 0) is 6.92 Å². The van der Waals surface area contributed by atoms with E-state index in [4.69, 9.17) is 9.47 Å². The van der Waals surface area contributed by atoms with Crippen LogP contribution in [-0.2, 0) is 0 Å². The zero-order chi connectivity index (χ0) is 10.1. The molecular weight excluding hydrogens is 182 g/mol. The van der Waals surface area contributed by atoms with E-state index in [0.29, 0.717) is 11.4 Å². The minimum Gasteiger partial charge on any atom is -0.495 e. The predicted octanol–water partition coefficient (Wildman–Crippen LogP) is 1.05. The van der Waals surface area contributed by atoms with E-state index in [9.17, 15) is 0 Å². The van der Waals surface area contributed by atoms with Gasteiger partial charge in [0, 0.05) is 6.07 Å². The molecule has 14 heavy (non-hydrogen) atoms. The van der Waals surface area contributed by atoms with E-state index in [2.05, 4.69) is 10.2 Å². The fourth-order valence-corrected chi connectivity index (χ4v) is 1.31. The lowest BCUT2D eigenvalue weighted by Crippen LogP contribution is -1.94.